The topological polar surface area (TPSA) is 122 Å². The molecule has 4 N–H and O–H groups in total. The van der Waals surface area contributed by atoms with Crippen molar-refractivity contribution in [1.82, 2.24) is 4.98 Å². The van der Waals surface area contributed by atoms with E-state index in [2.05, 4.69) is 10.3 Å². The van der Waals surface area contributed by atoms with Gasteiger partial charge in [-0.15, -0.1) is 0 Å². The summed E-state index contributed by atoms with van der Waals surface area (Å²) < 4.78 is 21.6. The smallest absolute Gasteiger partial charge is 0.336 e. The minimum atomic E-state index is -3.49. The minimum absolute atomic E-state index is 0.140. The Morgan fingerprint density at radius 2 is 2.05 bits per heavy atom. The number of primary sulfonamides is 1. The van der Waals surface area contributed by atoms with Crippen molar-refractivity contribution in [3.05, 3.63) is 35.9 Å². The maximum atomic E-state index is 11.3. The Morgan fingerprint density at radius 1 is 1.33 bits per heavy atom. The second kappa shape index (κ2) is 6.06. The van der Waals surface area contributed by atoms with E-state index < -0.39 is 16.0 Å². The molecule has 0 bridgehead atoms. The largest absolute Gasteiger partial charge is 0.478 e. The molecular weight excluding hydrogens is 294 g/mol. The number of hydrogen-bond donors (Lipinski definition) is 3. The van der Waals surface area contributed by atoms with Gasteiger partial charge in [-0.1, -0.05) is 18.2 Å². The molecule has 0 aliphatic carbocycles. The van der Waals surface area contributed by atoms with Crippen molar-refractivity contribution in [3.63, 3.8) is 0 Å². The number of pyridine rings is 1. The first-order valence-electron chi connectivity index (χ1n) is 6.24. The summed E-state index contributed by atoms with van der Waals surface area (Å²) in [7, 11) is -3.49. The summed E-state index contributed by atoms with van der Waals surface area (Å²) in [6.07, 6.45) is 0.315. The van der Waals surface area contributed by atoms with E-state index in [0.29, 0.717) is 29.7 Å². The summed E-state index contributed by atoms with van der Waals surface area (Å²) in [5, 5.41) is 17.6. The zero-order valence-corrected chi connectivity index (χ0v) is 11.9. The molecule has 0 aliphatic rings. The van der Waals surface area contributed by atoms with Crippen LogP contribution in [0.2, 0.25) is 0 Å². The van der Waals surface area contributed by atoms with Crippen LogP contribution in [0, 0.1) is 0 Å². The number of nitrogens with two attached hydrogens (primary N) is 1. The van der Waals surface area contributed by atoms with Crippen molar-refractivity contribution in [2.75, 3.05) is 17.6 Å². The Balaban J connectivity index is 2.19. The van der Waals surface area contributed by atoms with E-state index in [1.165, 1.54) is 6.07 Å². The van der Waals surface area contributed by atoms with E-state index in [0.717, 1.165) is 0 Å². The van der Waals surface area contributed by atoms with E-state index >= 15 is 0 Å². The highest BCUT2D eigenvalue weighted by Crippen LogP contribution is 2.20. The maximum Gasteiger partial charge on any atom is 0.336 e. The van der Waals surface area contributed by atoms with E-state index in [-0.39, 0.29) is 11.3 Å². The number of anilines is 1. The lowest BCUT2D eigenvalue weighted by Crippen LogP contribution is -2.19. The highest BCUT2D eigenvalue weighted by molar-refractivity contribution is 7.89. The minimum Gasteiger partial charge on any atom is -0.478 e. The molecule has 1 aromatic heterocycles. The van der Waals surface area contributed by atoms with Gasteiger partial charge in [0.25, 0.3) is 0 Å². The molecule has 2 rings (SSSR count). The van der Waals surface area contributed by atoms with Crippen LogP contribution in [-0.4, -0.2) is 36.8 Å². The molecule has 1 heterocycles. The highest BCUT2D eigenvalue weighted by atomic mass is 32.2. The van der Waals surface area contributed by atoms with Crippen LogP contribution < -0.4 is 10.5 Å². The Hall–Kier alpha value is -2.19. The van der Waals surface area contributed by atoms with Crippen LogP contribution in [0.1, 0.15) is 16.8 Å². The fourth-order valence-electron chi connectivity index (χ4n) is 1.93. The van der Waals surface area contributed by atoms with Gasteiger partial charge in [0, 0.05) is 11.9 Å². The van der Waals surface area contributed by atoms with Gasteiger partial charge in [-0.3, -0.25) is 0 Å². The fraction of sp³-hybridized carbons (Fsp3) is 0.231. The van der Waals surface area contributed by atoms with Gasteiger partial charge in [-0.2, -0.15) is 0 Å². The quantitative estimate of drug-likeness (QED) is 0.685. The molecule has 21 heavy (non-hydrogen) atoms. The van der Waals surface area contributed by atoms with Gasteiger partial charge in [-0.05, 0) is 18.6 Å². The Morgan fingerprint density at radius 3 is 2.71 bits per heavy atom. The fourth-order valence-corrected chi connectivity index (χ4v) is 2.48. The zero-order chi connectivity index (χ0) is 15.5. The normalized spacial score (nSPS) is 11.5. The first-order valence-corrected chi connectivity index (χ1v) is 7.96. The monoisotopic (exact) mass is 309 g/mol. The SMILES string of the molecule is NS(=O)(=O)CCCNc1cc(C(=O)O)c2ccccc2n1. The summed E-state index contributed by atoms with van der Waals surface area (Å²) in [6.45, 7) is 0.334. The van der Waals surface area contributed by atoms with Gasteiger partial charge in [0.2, 0.25) is 10.0 Å². The van der Waals surface area contributed by atoms with Gasteiger partial charge in [0.05, 0.1) is 16.8 Å². The van der Waals surface area contributed by atoms with Crippen molar-refractivity contribution in [2.45, 2.75) is 6.42 Å². The van der Waals surface area contributed by atoms with Crippen LogP contribution in [0.5, 0.6) is 0 Å². The molecular formula is C13H15N3O4S. The first-order chi connectivity index (χ1) is 9.87. The first kappa shape index (κ1) is 15.2. The number of nitrogens with zero attached hydrogens (tertiary/aromatic N) is 1. The lowest BCUT2D eigenvalue weighted by Gasteiger charge is -2.08. The van der Waals surface area contributed by atoms with Crippen molar-refractivity contribution in [3.8, 4) is 0 Å². The molecule has 2 aromatic rings. The van der Waals surface area contributed by atoms with Crippen LogP contribution in [0.4, 0.5) is 5.82 Å². The molecule has 0 amide bonds. The van der Waals surface area contributed by atoms with Gasteiger partial charge >= 0.3 is 5.97 Å². The summed E-state index contributed by atoms with van der Waals surface area (Å²) in [5.74, 6) is -0.791. The number of sulfonamides is 1. The molecule has 0 atom stereocenters. The van der Waals surface area contributed by atoms with Crippen LogP contribution >= 0.6 is 0 Å². The summed E-state index contributed by atoms with van der Waals surface area (Å²) in [4.78, 5) is 15.6. The van der Waals surface area contributed by atoms with Crippen molar-refractivity contribution in [2.24, 2.45) is 5.14 Å². The van der Waals surface area contributed by atoms with Crippen LogP contribution in [0.15, 0.2) is 30.3 Å². The second-order valence-electron chi connectivity index (χ2n) is 4.52. The predicted octanol–water partition coefficient (Wildman–Crippen LogP) is 1.02. The maximum absolute atomic E-state index is 11.3. The van der Waals surface area contributed by atoms with Crippen LogP contribution in [0.3, 0.4) is 0 Å². The molecule has 8 heteroatoms. The molecule has 0 spiro atoms. The van der Waals surface area contributed by atoms with Gasteiger partial charge in [0.15, 0.2) is 0 Å². The number of carboxylic acids is 1. The number of carbonyl (C=O) groups is 1. The average Bonchev–Trinajstić information content (AvgIpc) is 2.41. The molecule has 0 saturated carbocycles. The van der Waals surface area contributed by atoms with Crippen LogP contribution in [-0.2, 0) is 10.0 Å². The standard InChI is InChI=1S/C13H15N3O4S/c14-21(19,20)7-3-6-15-12-8-10(13(17)18)9-4-1-2-5-11(9)16-12/h1-2,4-5,8H,3,6-7H2,(H,15,16)(H,17,18)(H2,14,19,20). The Kier molecular flexibility index (Phi) is 4.39. The lowest BCUT2D eigenvalue weighted by atomic mass is 10.1. The molecule has 0 aliphatic heterocycles. The zero-order valence-electron chi connectivity index (χ0n) is 11.1. The van der Waals surface area contributed by atoms with Crippen molar-refractivity contribution in [1.29, 1.82) is 0 Å². The molecule has 0 fully saturated rings. The lowest BCUT2D eigenvalue weighted by molar-refractivity contribution is 0.0699. The van der Waals surface area contributed by atoms with Crippen LogP contribution in [0.25, 0.3) is 10.9 Å². The highest BCUT2D eigenvalue weighted by Gasteiger charge is 2.11. The van der Waals surface area contributed by atoms with E-state index in [1.54, 1.807) is 24.3 Å². The second-order valence-corrected chi connectivity index (χ2v) is 6.26. The number of rotatable bonds is 6. The summed E-state index contributed by atoms with van der Waals surface area (Å²) >= 11 is 0. The third-order valence-corrected chi connectivity index (χ3v) is 3.72. The summed E-state index contributed by atoms with van der Waals surface area (Å²) in [5.41, 5.74) is 0.709. The average molecular weight is 309 g/mol. The molecule has 1 aromatic carbocycles. The molecule has 7 nitrogen and oxygen atoms in total. The number of nitrogens with one attached hydrogen (secondary N) is 1. The third kappa shape index (κ3) is 4.14. The third-order valence-electron chi connectivity index (χ3n) is 2.86. The van der Waals surface area contributed by atoms with E-state index in [9.17, 15) is 18.3 Å². The van der Waals surface area contributed by atoms with Crippen molar-refractivity contribution >= 4 is 32.7 Å². The number of hydrogen-bond acceptors (Lipinski definition) is 5. The number of aromatic carboxylic acids is 1. The number of carboxylic acid groups (broad SMARTS) is 1. The Labute approximate surface area is 121 Å². The molecule has 0 unspecified atom stereocenters. The Bertz CT molecular complexity index is 774. The van der Waals surface area contributed by atoms with Gasteiger partial charge in [0.1, 0.15) is 5.82 Å². The molecule has 0 radical (unpaired) electrons. The predicted molar refractivity (Wildman–Crippen MR) is 79.8 cm³/mol. The molecule has 112 valence electrons. The number of fused-ring (bicyclic) bond motifs is 1. The van der Waals surface area contributed by atoms with Gasteiger partial charge < -0.3 is 10.4 Å². The summed E-state index contributed by atoms with van der Waals surface area (Å²) in [6, 6.07) is 8.36. The number of aromatic nitrogens is 1. The van der Waals surface area contributed by atoms with Gasteiger partial charge in [-0.25, -0.2) is 23.3 Å². The number of benzene rings is 1. The number of para-hydroxylation sites is 1. The van der Waals surface area contributed by atoms with E-state index in [1.807, 2.05) is 0 Å². The molecule has 0 saturated heterocycles. The van der Waals surface area contributed by atoms with E-state index in [4.69, 9.17) is 5.14 Å². The van der Waals surface area contributed by atoms with Crippen molar-refractivity contribution < 1.29 is 18.3 Å².